The number of carbonyl (C=O) groups is 3. The van der Waals surface area contributed by atoms with Crippen molar-refractivity contribution in [3.8, 4) is 0 Å². The lowest BCUT2D eigenvalue weighted by Crippen LogP contribution is -2.30. The Morgan fingerprint density at radius 2 is 0.591 bits per heavy atom. The van der Waals surface area contributed by atoms with Crippen molar-refractivity contribution in [3.63, 3.8) is 0 Å². The molecule has 0 aliphatic carbocycles. The van der Waals surface area contributed by atoms with Gasteiger partial charge < -0.3 is 14.2 Å². The van der Waals surface area contributed by atoms with E-state index in [1.165, 1.54) is 128 Å². The molecule has 0 aliphatic rings. The van der Waals surface area contributed by atoms with E-state index in [1.807, 2.05) is 0 Å². The van der Waals surface area contributed by atoms with Gasteiger partial charge in [-0.05, 0) is 70.6 Å². The minimum Gasteiger partial charge on any atom is -0.462 e. The minimum absolute atomic E-state index is 0.0781. The van der Waals surface area contributed by atoms with E-state index in [1.54, 1.807) is 0 Å². The standard InChI is InChI=1S/C60H104O6/c1-4-7-10-13-16-18-20-22-24-26-27-28-29-30-31-32-33-35-36-38-40-42-44-47-50-53-59(62)65-56-57(55-64-58(61)52-49-46-15-12-9-6-3)66-60(63)54-51-48-45-43-41-39-37-34-25-23-21-19-17-14-11-8-5-2/h7,10,16,18,22,24,27-28,30-31,33,35,57H,4-6,8-9,11-15,17,19-21,23,25-26,29,32,34,36-56H2,1-3H3/b10-7-,18-16-,24-22-,28-27-,31-30-,35-33-. The van der Waals surface area contributed by atoms with Gasteiger partial charge in [-0.15, -0.1) is 0 Å². The second-order valence-electron chi connectivity index (χ2n) is 18.5. The van der Waals surface area contributed by atoms with Crippen molar-refractivity contribution in [2.45, 2.75) is 277 Å². The molecule has 0 aliphatic heterocycles. The summed E-state index contributed by atoms with van der Waals surface area (Å²) in [4.78, 5) is 37.8. The average Bonchev–Trinajstić information content (AvgIpc) is 3.31. The van der Waals surface area contributed by atoms with E-state index in [2.05, 4.69) is 93.7 Å². The molecule has 0 spiro atoms. The summed E-state index contributed by atoms with van der Waals surface area (Å²) in [7, 11) is 0. The van der Waals surface area contributed by atoms with Gasteiger partial charge in [-0.25, -0.2) is 0 Å². The number of ether oxygens (including phenoxy) is 3. The van der Waals surface area contributed by atoms with Gasteiger partial charge in [0.1, 0.15) is 13.2 Å². The molecule has 0 amide bonds. The number of hydrogen-bond donors (Lipinski definition) is 0. The summed E-state index contributed by atoms with van der Waals surface area (Å²) in [6, 6.07) is 0. The van der Waals surface area contributed by atoms with Crippen molar-refractivity contribution in [1.82, 2.24) is 0 Å². The molecule has 0 radical (unpaired) electrons. The van der Waals surface area contributed by atoms with Gasteiger partial charge in [0.25, 0.3) is 0 Å². The van der Waals surface area contributed by atoms with Crippen molar-refractivity contribution >= 4 is 17.9 Å². The molecule has 6 nitrogen and oxygen atoms in total. The number of unbranched alkanes of at least 4 members (excludes halogenated alkanes) is 27. The highest BCUT2D eigenvalue weighted by Gasteiger charge is 2.19. The maximum absolute atomic E-state index is 12.8. The molecule has 0 bridgehead atoms. The predicted octanol–water partition coefficient (Wildman–Crippen LogP) is 18.6. The third-order valence-corrected chi connectivity index (χ3v) is 12.0. The van der Waals surface area contributed by atoms with E-state index in [0.717, 1.165) is 103 Å². The van der Waals surface area contributed by atoms with Crippen molar-refractivity contribution in [3.05, 3.63) is 72.9 Å². The Morgan fingerprint density at radius 3 is 0.924 bits per heavy atom. The number of esters is 3. The molecule has 0 aromatic heterocycles. The molecule has 0 aromatic carbocycles. The largest absolute Gasteiger partial charge is 0.462 e. The first-order chi connectivity index (χ1) is 32.5. The summed E-state index contributed by atoms with van der Waals surface area (Å²) in [6.45, 7) is 6.47. The molecular formula is C60H104O6. The maximum atomic E-state index is 12.8. The summed E-state index contributed by atoms with van der Waals surface area (Å²) in [5, 5.41) is 0. The number of hydrogen-bond acceptors (Lipinski definition) is 6. The zero-order chi connectivity index (χ0) is 47.9. The first kappa shape index (κ1) is 62.8. The molecule has 0 aromatic rings. The summed E-state index contributed by atoms with van der Waals surface area (Å²) >= 11 is 0. The first-order valence-corrected chi connectivity index (χ1v) is 27.9. The van der Waals surface area contributed by atoms with Crippen LogP contribution in [0.2, 0.25) is 0 Å². The average molecular weight is 921 g/mol. The third kappa shape index (κ3) is 51.8. The molecule has 1 unspecified atom stereocenters. The Kier molecular flexibility index (Phi) is 51.9. The van der Waals surface area contributed by atoms with Crippen molar-refractivity contribution < 1.29 is 28.6 Å². The Balaban J connectivity index is 4.18. The van der Waals surface area contributed by atoms with Gasteiger partial charge in [-0.1, -0.05) is 254 Å². The molecule has 0 rings (SSSR count). The first-order valence-electron chi connectivity index (χ1n) is 27.9. The van der Waals surface area contributed by atoms with Crippen LogP contribution < -0.4 is 0 Å². The highest BCUT2D eigenvalue weighted by molar-refractivity contribution is 5.71. The topological polar surface area (TPSA) is 78.9 Å². The van der Waals surface area contributed by atoms with Gasteiger partial charge >= 0.3 is 17.9 Å². The van der Waals surface area contributed by atoms with Crippen LogP contribution in [0, 0.1) is 0 Å². The van der Waals surface area contributed by atoms with Crippen LogP contribution >= 0.6 is 0 Å². The molecule has 6 heteroatoms. The third-order valence-electron chi connectivity index (χ3n) is 12.0. The molecule has 66 heavy (non-hydrogen) atoms. The van der Waals surface area contributed by atoms with Gasteiger partial charge in [0.05, 0.1) is 0 Å². The fourth-order valence-corrected chi connectivity index (χ4v) is 7.80. The zero-order valence-electron chi connectivity index (χ0n) is 43.4. The van der Waals surface area contributed by atoms with E-state index < -0.39 is 6.10 Å². The Morgan fingerprint density at radius 1 is 0.318 bits per heavy atom. The number of rotatable bonds is 50. The van der Waals surface area contributed by atoms with Crippen LogP contribution in [-0.4, -0.2) is 37.2 Å². The van der Waals surface area contributed by atoms with E-state index >= 15 is 0 Å². The summed E-state index contributed by atoms with van der Waals surface area (Å²) in [6.07, 6.45) is 69.2. The van der Waals surface area contributed by atoms with Gasteiger partial charge in [-0.2, -0.15) is 0 Å². The van der Waals surface area contributed by atoms with Gasteiger partial charge in [0.15, 0.2) is 6.10 Å². The van der Waals surface area contributed by atoms with Gasteiger partial charge in [-0.3, -0.25) is 14.4 Å². The highest BCUT2D eigenvalue weighted by atomic mass is 16.6. The lowest BCUT2D eigenvalue weighted by molar-refractivity contribution is -0.167. The van der Waals surface area contributed by atoms with E-state index in [-0.39, 0.29) is 31.1 Å². The molecule has 0 N–H and O–H groups in total. The normalized spacial score (nSPS) is 12.6. The van der Waals surface area contributed by atoms with Crippen LogP contribution in [0.25, 0.3) is 0 Å². The maximum Gasteiger partial charge on any atom is 0.306 e. The van der Waals surface area contributed by atoms with Crippen LogP contribution in [0.4, 0.5) is 0 Å². The van der Waals surface area contributed by atoms with Crippen molar-refractivity contribution in [2.24, 2.45) is 0 Å². The van der Waals surface area contributed by atoms with Crippen LogP contribution in [-0.2, 0) is 28.6 Å². The summed E-state index contributed by atoms with van der Waals surface area (Å²) < 4.78 is 16.7. The fourth-order valence-electron chi connectivity index (χ4n) is 7.80. The second kappa shape index (κ2) is 54.5. The molecular weight excluding hydrogens is 817 g/mol. The molecule has 1 atom stereocenters. The Hall–Kier alpha value is -3.15. The molecule has 0 fully saturated rings. The Bertz CT molecular complexity index is 1240. The van der Waals surface area contributed by atoms with Crippen molar-refractivity contribution in [1.29, 1.82) is 0 Å². The van der Waals surface area contributed by atoms with Gasteiger partial charge in [0, 0.05) is 19.3 Å². The van der Waals surface area contributed by atoms with Gasteiger partial charge in [0.2, 0.25) is 0 Å². The zero-order valence-corrected chi connectivity index (χ0v) is 43.4. The Labute approximate surface area is 408 Å². The lowest BCUT2D eigenvalue weighted by Gasteiger charge is -2.18. The second-order valence-corrected chi connectivity index (χ2v) is 18.5. The fraction of sp³-hybridized carbons (Fsp3) is 0.750. The van der Waals surface area contributed by atoms with E-state index in [9.17, 15) is 14.4 Å². The summed E-state index contributed by atoms with van der Waals surface area (Å²) in [5.41, 5.74) is 0. The van der Waals surface area contributed by atoms with Crippen LogP contribution in [0.5, 0.6) is 0 Å². The summed E-state index contributed by atoms with van der Waals surface area (Å²) in [5.74, 6) is -0.895. The molecule has 0 saturated heterocycles. The smallest absolute Gasteiger partial charge is 0.306 e. The molecule has 380 valence electrons. The monoisotopic (exact) mass is 921 g/mol. The molecule has 0 heterocycles. The van der Waals surface area contributed by atoms with Crippen LogP contribution in [0.15, 0.2) is 72.9 Å². The van der Waals surface area contributed by atoms with Crippen molar-refractivity contribution in [2.75, 3.05) is 13.2 Å². The highest BCUT2D eigenvalue weighted by Crippen LogP contribution is 2.16. The number of carbonyl (C=O) groups excluding carboxylic acids is 3. The van der Waals surface area contributed by atoms with Crippen LogP contribution in [0.3, 0.4) is 0 Å². The number of allylic oxidation sites excluding steroid dienone is 12. The quantitative estimate of drug-likeness (QED) is 0.0262. The van der Waals surface area contributed by atoms with E-state index in [0.29, 0.717) is 19.3 Å². The lowest BCUT2D eigenvalue weighted by atomic mass is 10.0. The van der Waals surface area contributed by atoms with E-state index in [4.69, 9.17) is 14.2 Å². The SMILES string of the molecule is CC/C=C\C/C=C\C/C=C\C/C=C\C/C=C\C/C=C\CCCCCCCCC(=O)OCC(COC(=O)CCCCCCCC)OC(=O)CCCCCCCCCCCCCCCCCCC. The predicted molar refractivity (Wildman–Crippen MR) is 284 cm³/mol. The molecule has 0 saturated carbocycles. The minimum atomic E-state index is -0.776. The van der Waals surface area contributed by atoms with Crippen LogP contribution in [0.1, 0.15) is 271 Å².